The molecule has 1 aromatic carbocycles. The number of hydrogen-bond donors (Lipinski definition) is 0. The number of nitriles is 1. The molecule has 5 heteroatoms. The van der Waals surface area contributed by atoms with Crippen LogP contribution in [0.4, 0.5) is 0 Å². The van der Waals surface area contributed by atoms with Gasteiger partial charge in [-0.1, -0.05) is 0 Å². The molecule has 106 valence electrons. The molecule has 0 N–H and O–H groups in total. The van der Waals surface area contributed by atoms with E-state index >= 15 is 0 Å². The fraction of sp³-hybridized carbons (Fsp3) is 0.312. The maximum absolute atomic E-state index is 9.03. The van der Waals surface area contributed by atoms with Crippen LogP contribution >= 0.6 is 0 Å². The Kier molecular flexibility index (Phi) is 3.02. The van der Waals surface area contributed by atoms with E-state index in [4.69, 9.17) is 9.68 Å². The van der Waals surface area contributed by atoms with Crippen molar-refractivity contribution in [3.63, 3.8) is 0 Å². The number of aryl methyl sites for hydroxylation is 2. The van der Waals surface area contributed by atoms with E-state index in [1.165, 1.54) is 0 Å². The first-order valence-corrected chi connectivity index (χ1v) is 6.87. The maximum atomic E-state index is 9.03. The van der Waals surface area contributed by atoms with E-state index in [1.54, 1.807) is 6.07 Å². The van der Waals surface area contributed by atoms with Crippen molar-refractivity contribution >= 4 is 11.0 Å². The SMILES string of the molecule is Cc1nc(C)c(-c2nc3cc(C#N)ccc3n2C(C)C)o1. The van der Waals surface area contributed by atoms with Gasteiger partial charge in [0.2, 0.25) is 0 Å². The van der Waals surface area contributed by atoms with E-state index in [9.17, 15) is 0 Å². The van der Waals surface area contributed by atoms with Crippen molar-refractivity contribution in [2.75, 3.05) is 0 Å². The molecule has 0 spiro atoms. The van der Waals surface area contributed by atoms with Gasteiger partial charge in [-0.2, -0.15) is 5.26 Å². The number of rotatable bonds is 2. The highest BCUT2D eigenvalue weighted by molar-refractivity contribution is 5.81. The first-order chi connectivity index (χ1) is 10.0. The molecule has 0 aliphatic carbocycles. The van der Waals surface area contributed by atoms with Crippen LogP contribution in [0, 0.1) is 25.2 Å². The maximum Gasteiger partial charge on any atom is 0.193 e. The van der Waals surface area contributed by atoms with Crippen molar-refractivity contribution in [1.82, 2.24) is 14.5 Å². The van der Waals surface area contributed by atoms with Gasteiger partial charge in [0.1, 0.15) is 0 Å². The zero-order chi connectivity index (χ0) is 15.1. The second-order valence-corrected chi connectivity index (χ2v) is 5.36. The lowest BCUT2D eigenvalue weighted by Gasteiger charge is -2.11. The molecule has 0 radical (unpaired) electrons. The van der Waals surface area contributed by atoms with Crippen LogP contribution in [0.25, 0.3) is 22.6 Å². The van der Waals surface area contributed by atoms with E-state index < -0.39 is 0 Å². The summed E-state index contributed by atoms with van der Waals surface area (Å²) in [4.78, 5) is 8.98. The summed E-state index contributed by atoms with van der Waals surface area (Å²) >= 11 is 0. The van der Waals surface area contributed by atoms with E-state index in [0.717, 1.165) is 22.6 Å². The van der Waals surface area contributed by atoms with E-state index in [1.807, 2.05) is 26.0 Å². The number of benzene rings is 1. The summed E-state index contributed by atoms with van der Waals surface area (Å²) in [6, 6.07) is 7.92. The van der Waals surface area contributed by atoms with Gasteiger partial charge in [-0.15, -0.1) is 0 Å². The lowest BCUT2D eigenvalue weighted by Crippen LogP contribution is -2.03. The molecular formula is C16H16N4O. The van der Waals surface area contributed by atoms with Gasteiger partial charge in [0.25, 0.3) is 0 Å². The molecule has 21 heavy (non-hydrogen) atoms. The highest BCUT2D eigenvalue weighted by Gasteiger charge is 2.20. The van der Waals surface area contributed by atoms with Crippen LogP contribution in [0.15, 0.2) is 22.6 Å². The summed E-state index contributed by atoms with van der Waals surface area (Å²) < 4.78 is 7.83. The van der Waals surface area contributed by atoms with Crippen LogP contribution in [0.5, 0.6) is 0 Å². The number of hydrogen-bond acceptors (Lipinski definition) is 4. The predicted octanol–water partition coefficient (Wildman–Crippen LogP) is 3.76. The molecule has 0 saturated carbocycles. The molecular weight excluding hydrogens is 264 g/mol. The van der Waals surface area contributed by atoms with Crippen LogP contribution in [-0.2, 0) is 0 Å². The second-order valence-electron chi connectivity index (χ2n) is 5.36. The van der Waals surface area contributed by atoms with Crippen LogP contribution in [-0.4, -0.2) is 14.5 Å². The molecule has 0 amide bonds. The third kappa shape index (κ3) is 2.09. The minimum Gasteiger partial charge on any atom is -0.437 e. The van der Waals surface area contributed by atoms with Crippen molar-refractivity contribution in [2.24, 2.45) is 0 Å². The third-order valence-electron chi connectivity index (χ3n) is 3.44. The number of oxazole rings is 1. The number of imidazole rings is 1. The van der Waals surface area contributed by atoms with Gasteiger partial charge < -0.3 is 8.98 Å². The largest absolute Gasteiger partial charge is 0.437 e. The topological polar surface area (TPSA) is 67.6 Å². The fourth-order valence-corrected chi connectivity index (χ4v) is 2.59. The molecule has 0 bridgehead atoms. The quantitative estimate of drug-likeness (QED) is 0.716. The molecule has 3 aromatic rings. The highest BCUT2D eigenvalue weighted by Crippen LogP contribution is 2.31. The van der Waals surface area contributed by atoms with Crippen molar-refractivity contribution in [3.05, 3.63) is 35.3 Å². The van der Waals surface area contributed by atoms with Gasteiger partial charge in [0.15, 0.2) is 17.5 Å². The third-order valence-corrected chi connectivity index (χ3v) is 3.44. The van der Waals surface area contributed by atoms with Crippen LogP contribution in [0.2, 0.25) is 0 Å². The Hall–Kier alpha value is -2.61. The van der Waals surface area contributed by atoms with Crippen LogP contribution < -0.4 is 0 Å². The Bertz CT molecular complexity index is 864. The average molecular weight is 280 g/mol. The zero-order valence-corrected chi connectivity index (χ0v) is 12.5. The van der Waals surface area contributed by atoms with Gasteiger partial charge in [0, 0.05) is 13.0 Å². The van der Waals surface area contributed by atoms with Crippen molar-refractivity contribution < 1.29 is 4.42 Å². The molecule has 3 rings (SSSR count). The Morgan fingerprint density at radius 1 is 1.24 bits per heavy atom. The minimum atomic E-state index is 0.225. The lowest BCUT2D eigenvalue weighted by atomic mass is 10.2. The smallest absolute Gasteiger partial charge is 0.193 e. The summed E-state index contributed by atoms with van der Waals surface area (Å²) in [7, 11) is 0. The Morgan fingerprint density at radius 2 is 2.00 bits per heavy atom. The molecule has 2 aromatic heterocycles. The Labute approximate surface area is 122 Å². The van der Waals surface area contributed by atoms with Gasteiger partial charge in [-0.05, 0) is 39.0 Å². The molecule has 0 atom stereocenters. The molecule has 0 unspecified atom stereocenters. The summed E-state index contributed by atoms with van der Waals surface area (Å²) in [5.41, 5.74) is 3.22. The van der Waals surface area contributed by atoms with Crippen LogP contribution in [0.3, 0.4) is 0 Å². The second kappa shape index (κ2) is 4.74. The van der Waals surface area contributed by atoms with E-state index in [-0.39, 0.29) is 6.04 Å². The van der Waals surface area contributed by atoms with Gasteiger partial charge in [-0.3, -0.25) is 0 Å². The Balaban J connectivity index is 2.34. The highest BCUT2D eigenvalue weighted by atomic mass is 16.4. The monoisotopic (exact) mass is 280 g/mol. The minimum absolute atomic E-state index is 0.225. The van der Waals surface area contributed by atoms with Crippen molar-refractivity contribution in [3.8, 4) is 17.7 Å². The first-order valence-electron chi connectivity index (χ1n) is 6.87. The normalized spacial score (nSPS) is 11.2. The molecule has 0 saturated heterocycles. The summed E-state index contributed by atoms with van der Waals surface area (Å²) in [6.45, 7) is 7.94. The standard InChI is InChI=1S/C16H16N4O/c1-9(2)20-14-6-5-12(8-17)7-13(14)19-16(20)15-10(3)18-11(4)21-15/h5-7,9H,1-4H3. The number of aromatic nitrogens is 3. The van der Waals surface area contributed by atoms with Gasteiger partial charge in [-0.25, -0.2) is 9.97 Å². The molecule has 0 fully saturated rings. The molecule has 0 aliphatic heterocycles. The zero-order valence-electron chi connectivity index (χ0n) is 12.5. The van der Waals surface area contributed by atoms with Crippen molar-refractivity contribution in [1.29, 1.82) is 5.26 Å². The summed E-state index contributed by atoms with van der Waals surface area (Å²) in [5, 5.41) is 9.03. The molecule has 0 aliphatic rings. The molecule has 2 heterocycles. The van der Waals surface area contributed by atoms with Crippen LogP contribution in [0.1, 0.15) is 37.0 Å². The lowest BCUT2D eigenvalue weighted by molar-refractivity contribution is 0.520. The fourth-order valence-electron chi connectivity index (χ4n) is 2.59. The number of fused-ring (bicyclic) bond motifs is 1. The predicted molar refractivity (Wildman–Crippen MR) is 79.8 cm³/mol. The summed E-state index contributed by atoms with van der Waals surface area (Å²) in [6.07, 6.45) is 0. The molecule has 5 nitrogen and oxygen atoms in total. The van der Waals surface area contributed by atoms with E-state index in [0.29, 0.717) is 17.2 Å². The van der Waals surface area contributed by atoms with Gasteiger partial charge in [0.05, 0.1) is 28.4 Å². The number of nitrogens with zero attached hydrogens (tertiary/aromatic N) is 4. The van der Waals surface area contributed by atoms with Crippen molar-refractivity contribution in [2.45, 2.75) is 33.7 Å². The van der Waals surface area contributed by atoms with E-state index in [2.05, 4.69) is 34.5 Å². The van der Waals surface area contributed by atoms with Gasteiger partial charge >= 0.3 is 0 Å². The summed E-state index contributed by atoms with van der Waals surface area (Å²) in [5.74, 6) is 2.08. The Morgan fingerprint density at radius 3 is 2.57 bits per heavy atom. The first kappa shape index (κ1) is 13.4. The average Bonchev–Trinajstić information content (AvgIpc) is 2.97.